The molecular weight excluding hydrogens is 516 g/mol. The van der Waals surface area contributed by atoms with E-state index in [-0.39, 0.29) is 16.6 Å². The third-order valence-electron chi connectivity index (χ3n) is 6.89. The van der Waals surface area contributed by atoms with Gasteiger partial charge in [-0.15, -0.1) is 0 Å². The maximum Gasteiger partial charge on any atom is 0.257 e. The van der Waals surface area contributed by atoms with Gasteiger partial charge >= 0.3 is 0 Å². The summed E-state index contributed by atoms with van der Waals surface area (Å²) in [5, 5.41) is 13.4. The number of aryl methyl sites for hydroxylation is 1. The van der Waals surface area contributed by atoms with Crippen molar-refractivity contribution in [3.8, 4) is 0 Å². The van der Waals surface area contributed by atoms with Crippen LogP contribution in [0.4, 0.5) is 32.2 Å². The van der Waals surface area contributed by atoms with E-state index in [0.29, 0.717) is 37.1 Å². The number of amides is 1. The summed E-state index contributed by atoms with van der Waals surface area (Å²) < 4.78 is 28.2. The van der Waals surface area contributed by atoms with E-state index in [1.54, 1.807) is 0 Å². The first-order valence-electron chi connectivity index (χ1n) is 12.7. The van der Waals surface area contributed by atoms with E-state index in [1.807, 2.05) is 19.1 Å². The van der Waals surface area contributed by atoms with Crippen LogP contribution in [0.2, 0.25) is 5.02 Å². The molecule has 0 bridgehead atoms. The number of piperazine rings is 1. The molecule has 202 valence electrons. The molecular formula is C25H30ClF2N9O. The predicted octanol–water partition coefficient (Wildman–Crippen LogP) is 3.65. The molecule has 0 unspecified atom stereocenters. The van der Waals surface area contributed by atoms with Gasteiger partial charge in [-0.1, -0.05) is 18.5 Å². The van der Waals surface area contributed by atoms with Gasteiger partial charge in [0, 0.05) is 63.1 Å². The minimum Gasteiger partial charge on any atom is -0.354 e. The number of nitrogens with one attached hydrogen (secondary N) is 3. The summed E-state index contributed by atoms with van der Waals surface area (Å²) in [5.74, 6) is -0.598. The number of nitrogens with zero attached hydrogens (tertiary/aromatic N) is 6. The van der Waals surface area contributed by atoms with Gasteiger partial charge in [-0.25, -0.2) is 8.78 Å². The number of rotatable bonds is 7. The van der Waals surface area contributed by atoms with Gasteiger partial charge in [0.25, 0.3) is 5.91 Å². The van der Waals surface area contributed by atoms with Crippen molar-refractivity contribution in [2.75, 3.05) is 61.3 Å². The molecule has 2 saturated heterocycles. The minimum absolute atomic E-state index is 0.160. The number of benzene rings is 1. The van der Waals surface area contributed by atoms with Crippen molar-refractivity contribution in [3.63, 3.8) is 0 Å². The molecule has 2 aromatic heterocycles. The van der Waals surface area contributed by atoms with Gasteiger partial charge in [0.15, 0.2) is 17.5 Å². The Morgan fingerprint density at radius 1 is 1.11 bits per heavy atom. The number of hydrogen-bond donors (Lipinski definition) is 3. The summed E-state index contributed by atoms with van der Waals surface area (Å²) in [4.78, 5) is 28.4. The van der Waals surface area contributed by atoms with Crippen LogP contribution in [0.25, 0.3) is 0 Å². The maximum absolute atomic E-state index is 14.3. The van der Waals surface area contributed by atoms with Crippen molar-refractivity contribution < 1.29 is 13.6 Å². The first kappa shape index (κ1) is 26.1. The lowest BCUT2D eigenvalue weighted by atomic mass is 10.2. The molecule has 0 radical (unpaired) electrons. The zero-order valence-electron chi connectivity index (χ0n) is 21.3. The Morgan fingerprint density at radius 3 is 2.61 bits per heavy atom. The van der Waals surface area contributed by atoms with Gasteiger partial charge in [-0.3, -0.25) is 9.89 Å². The second kappa shape index (κ2) is 11.1. The fourth-order valence-corrected chi connectivity index (χ4v) is 4.88. The van der Waals surface area contributed by atoms with Crippen LogP contribution in [0.3, 0.4) is 0 Å². The molecule has 4 heterocycles. The van der Waals surface area contributed by atoms with E-state index >= 15 is 0 Å². The smallest absolute Gasteiger partial charge is 0.257 e. The van der Waals surface area contributed by atoms with Gasteiger partial charge in [0.1, 0.15) is 11.6 Å². The molecule has 3 aromatic rings. The summed E-state index contributed by atoms with van der Waals surface area (Å²) in [7, 11) is 0. The van der Waals surface area contributed by atoms with E-state index in [2.05, 4.69) is 42.5 Å². The number of likely N-dealkylation sites (tertiary alicyclic amines) is 1. The summed E-state index contributed by atoms with van der Waals surface area (Å²) in [6.45, 7) is 9.37. The molecule has 2 fully saturated rings. The molecule has 3 N–H and O–H groups in total. The van der Waals surface area contributed by atoms with Crippen molar-refractivity contribution in [3.05, 3.63) is 52.2 Å². The average Bonchev–Trinajstić information content (AvgIpc) is 3.55. The number of carbonyl (C=O) groups excluding carboxylic acids is 1. The first-order valence-corrected chi connectivity index (χ1v) is 13.0. The highest BCUT2D eigenvalue weighted by Crippen LogP contribution is 2.26. The Balaban J connectivity index is 1.32. The molecule has 5 rings (SSSR count). The largest absolute Gasteiger partial charge is 0.354 e. The second-order valence-electron chi connectivity index (χ2n) is 9.52. The summed E-state index contributed by atoms with van der Waals surface area (Å²) in [6, 6.07) is 6.02. The molecule has 13 heteroatoms. The van der Waals surface area contributed by atoms with Crippen molar-refractivity contribution in [1.29, 1.82) is 0 Å². The van der Waals surface area contributed by atoms with Crippen molar-refractivity contribution in [1.82, 2.24) is 30.0 Å². The highest BCUT2D eigenvalue weighted by Gasteiger charge is 2.30. The zero-order valence-corrected chi connectivity index (χ0v) is 22.0. The third kappa shape index (κ3) is 5.65. The van der Waals surface area contributed by atoms with Crippen LogP contribution >= 0.6 is 11.6 Å². The molecule has 1 atom stereocenters. The van der Waals surface area contributed by atoms with Crippen LogP contribution in [0, 0.1) is 18.6 Å². The number of carbonyl (C=O) groups is 1. The van der Waals surface area contributed by atoms with Gasteiger partial charge in [0.2, 0.25) is 5.95 Å². The number of hydrogen-bond acceptors (Lipinski definition) is 8. The fourth-order valence-electron chi connectivity index (χ4n) is 4.74. The number of H-pyrrole nitrogens is 1. The molecule has 0 spiro atoms. The number of aromatic amines is 1. The molecule has 2 aliphatic rings. The van der Waals surface area contributed by atoms with E-state index < -0.39 is 17.5 Å². The van der Waals surface area contributed by atoms with Gasteiger partial charge in [0.05, 0.1) is 10.6 Å². The minimum atomic E-state index is -1.23. The lowest BCUT2D eigenvalue weighted by Crippen LogP contribution is -2.46. The zero-order chi connectivity index (χ0) is 26.8. The second-order valence-corrected chi connectivity index (χ2v) is 9.93. The topological polar surface area (TPSA) is 105 Å². The van der Waals surface area contributed by atoms with Gasteiger partial charge in [-0.2, -0.15) is 15.1 Å². The Bertz CT molecular complexity index is 1310. The Morgan fingerprint density at radius 2 is 1.89 bits per heavy atom. The molecule has 1 amide bonds. The molecule has 10 nitrogen and oxygen atoms in total. The maximum atomic E-state index is 14.3. The first-order chi connectivity index (χ1) is 18.3. The van der Waals surface area contributed by atoms with Crippen LogP contribution in [-0.4, -0.2) is 87.7 Å². The molecule has 1 aromatic carbocycles. The number of anilines is 4. The van der Waals surface area contributed by atoms with Crippen molar-refractivity contribution in [2.45, 2.75) is 26.3 Å². The molecule has 0 aliphatic carbocycles. The number of aromatic nitrogens is 4. The Labute approximate surface area is 224 Å². The Kier molecular flexibility index (Phi) is 7.61. The van der Waals surface area contributed by atoms with Gasteiger partial charge < -0.3 is 25.3 Å². The molecule has 2 aliphatic heterocycles. The van der Waals surface area contributed by atoms with Crippen LogP contribution in [0.15, 0.2) is 24.3 Å². The van der Waals surface area contributed by atoms with Crippen LogP contribution in [0.1, 0.15) is 29.4 Å². The van der Waals surface area contributed by atoms with E-state index in [9.17, 15) is 13.6 Å². The monoisotopic (exact) mass is 545 g/mol. The van der Waals surface area contributed by atoms with E-state index in [1.165, 1.54) is 17.0 Å². The summed E-state index contributed by atoms with van der Waals surface area (Å²) >= 11 is 5.63. The molecule has 0 saturated carbocycles. The van der Waals surface area contributed by atoms with Crippen LogP contribution in [0.5, 0.6) is 0 Å². The van der Waals surface area contributed by atoms with Crippen LogP contribution in [-0.2, 0) is 0 Å². The normalized spacial score (nSPS) is 18.2. The fraction of sp³-hybridized carbons (Fsp3) is 0.440. The Hall–Kier alpha value is -3.51. The quantitative estimate of drug-likeness (QED) is 0.386. The summed E-state index contributed by atoms with van der Waals surface area (Å²) in [5.41, 5.74) is 0.585. The lowest BCUT2D eigenvalue weighted by molar-refractivity contribution is 0.0786. The highest BCUT2D eigenvalue weighted by molar-refractivity contribution is 6.30. The predicted molar refractivity (Wildman–Crippen MR) is 142 cm³/mol. The average molecular weight is 546 g/mol. The summed E-state index contributed by atoms with van der Waals surface area (Å²) in [6.07, 6.45) is 0.605. The van der Waals surface area contributed by atoms with Gasteiger partial charge in [-0.05, 0) is 32.0 Å². The lowest BCUT2D eigenvalue weighted by Gasteiger charge is -2.35. The third-order valence-corrected chi connectivity index (χ3v) is 7.18. The standard InChI is InChI=1S/C25H30ClF2N9O/c1-3-35-8-10-36(11-9-35)21-13-19(30-20-12-15(2)33-34-20)31-25(32-21)29-16-6-7-37(14-16)24(38)17-4-5-18(26)23(28)22(17)27/h4-5,12-13,16H,3,6-11,14H2,1-2H3,(H3,29,30,31,32,33,34)/t16-/m0/s1. The van der Waals surface area contributed by atoms with Crippen molar-refractivity contribution in [2.24, 2.45) is 0 Å². The van der Waals surface area contributed by atoms with E-state index in [4.69, 9.17) is 16.6 Å². The van der Waals surface area contributed by atoms with Crippen LogP contribution < -0.4 is 15.5 Å². The number of halogens is 3. The number of likely N-dealkylation sites (N-methyl/N-ethyl adjacent to an activating group) is 1. The highest BCUT2D eigenvalue weighted by atomic mass is 35.5. The van der Waals surface area contributed by atoms with Crippen molar-refractivity contribution >= 4 is 40.9 Å². The van der Waals surface area contributed by atoms with E-state index in [0.717, 1.165) is 44.2 Å². The SMILES string of the molecule is CCN1CCN(c2cc(Nc3cc(C)[nH]n3)nc(N[C@H]3CCN(C(=O)c4ccc(Cl)c(F)c4F)C3)n2)CC1. The molecule has 38 heavy (non-hydrogen) atoms.